The van der Waals surface area contributed by atoms with Crippen LogP contribution in [-0.4, -0.2) is 245 Å². The molecule has 4 aliphatic heterocycles. The smallest absolute Gasteiger partial charge is 0.187 e. The highest BCUT2D eigenvalue weighted by Crippen LogP contribution is 2.74. The van der Waals surface area contributed by atoms with E-state index >= 15 is 0 Å². The van der Waals surface area contributed by atoms with E-state index in [-0.39, 0.29) is 35.9 Å². The predicted octanol–water partition coefficient (Wildman–Crippen LogP) is -2.67. The van der Waals surface area contributed by atoms with Gasteiger partial charge in [0.1, 0.15) is 91.6 Å². The molecule has 9 aliphatic rings. The van der Waals surface area contributed by atoms with E-state index in [1.165, 1.54) is 12.5 Å². The summed E-state index contributed by atoms with van der Waals surface area (Å²) >= 11 is 0. The lowest BCUT2D eigenvalue weighted by Crippen LogP contribution is -2.68. The molecule has 0 aromatic rings. The summed E-state index contributed by atoms with van der Waals surface area (Å²) in [4.78, 5) is 0. The molecule has 29 atom stereocenters. The molecule has 4 saturated heterocycles. The lowest BCUT2D eigenvalue weighted by molar-refractivity contribution is -0.403. The first-order valence-corrected chi connectivity index (χ1v) is 27.7. The molecule has 0 aromatic heterocycles. The maximum Gasteiger partial charge on any atom is 0.187 e. The van der Waals surface area contributed by atoms with Gasteiger partial charge in [-0.2, -0.15) is 0 Å². The molecule has 15 N–H and O–H groups in total. The first kappa shape index (κ1) is 60.2. The monoisotopic (exact) mass is 1100 g/mol. The molecular formula is C54H88O23. The fraction of sp³-hybridized carbons (Fsp3) is 0.926. The second-order valence-corrected chi connectivity index (χ2v) is 25.9. The van der Waals surface area contributed by atoms with Crippen molar-refractivity contribution in [1.82, 2.24) is 0 Å². The lowest BCUT2D eigenvalue weighted by Gasteiger charge is -2.70. The van der Waals surface area contributed by atoms with Crippen molar-refractivity contribution in [1.29, 1.82) is 0 Å². The third-order valence-electron chi connectivity index (χ3n) is 21.1. The van der Waals surface area contributed by atoms with Crippen LogP contribution in [0.25, 0.3) is 0 Å². The third kappa shape index (κ3) is 9.66. The van der Waals surface area contributed by atoms with Crippen molar-refractivity contribution in [3.8, 4) is 0 Å². The maximum atomic E-state index is 12.2. The summed E-state index contributed by atoms with van der Waals surface area (Å²) in [5.41, 5.74) is -0.495. The largest absolute Gasteiger partial charge is 0.396 e. The van der Waals surface area contributed by atoms with Crippen LogP contribution in [0.4, 0.5) is 0 Å². The van der Waals surface area contributed by atoms with Gasteiger partial charge in [-0.05, 0) is 91.9 Å². The van der Waals surface area contributed by atoms with Crippen LogP contribution < -0.4 is 0 Å². The Labute approximate surface area is 448 Å². The molecule has 9 rings (SSSR count). The highest BCUT2D eigenvalue weighted by Gasteiger charge is 2.69. The minimum Gasteiger partial charge on any atom is -0.396 e. The van der Waals surface area contributed by atoms with Gasteiger partial charge >= 0.3 is 0 Å². The molecule has 7 fully saturated rings. The normalized spacial score (nSPS) is 54.7. The van der Waals surface area contributed by atoms with Gasteiger partial charge in [0.05, 0.1) is 51.3 Å². The lowest BCUT2D eigenvalue weighted by atomic mass is 9.35. The number of rotatable bonds is 13. The number of fused-ring (bicyclic) bond motifs is 6. The van der Waals surface area contributed by atoms with Gasteiger partial charge in [0.15, 0.2) is 25.2 Å². The molecule has 5 aliphatic carbocycles. The van der Waals surface area contributed by atoms with Crippen LogP contribution in [0, 0.1) is 44.3 Å². The average molecular weight is 1110 g/mol. The second-order valence-electron chi connectivity index (χ2n) is 25.9. The van der Waals surface area contributed by atoms with Crippen molar-refractivity contribution in [2.75, 3.05) is 33.0 Å². The third-order valence-corrected chi connectivity index (χ3v) is 21.1. The van der Waals surface area contributed by atoms with Crippen LogP contribution in [-0.2, 0) is 37.9 Å². The number of aliphatic hydroxyl groups is 15. The fourth-order valence-electron chi connectivity index (χ4n) is 16.0. The van der Waals surface area contributed by atoms with Crippen LogP contribution in [0.1, 0.15) is 99.8 Å². The van der Waals surface area contributed by atoms with Gasteiger partial charge in [-0.15, -0.1) is 0 Å². The molecule has 0 unspecified atom stereocenters. The van der Waals surface area contributed by atoms with Gasteiger partial charge in [0, 0.05) is 16.2 Å². The summed E-state index contributed by atoms with van der Waals surface area (Å²) in [6.45, 7) is 11.9. The number of hydrogen-bond donors (Lipinski definition) is 15. The highest BCUT2D eigenvalue weighted by atomic mass is 16.8. The maximum absolute atomic E-state index is 12.2. The van der Waals surface area contributed by atoms with Gasteiger partial charge in [-0.25, -0.2) is 0 Å². The molecule has 0 bridgehead atoms. The zero-order valence-corrected chi connectivity index (χ0v) is 45.2. The number of ether oxygens (including phenoxy) is 8. The van der Waals surface area contributed by atoms with Crippen molar-refractivity contribution in [3.05, 3.63) is 23.3 Å². The van der Waals surface area contributed by atoms with E-state index in [2.05, 4.69) is 46.8 Å². The zero-order chi connectivity index (χ0) is 56.3. The van der Waals surface area contributed by atoms with Crippen molar-refractivity contribution in [2.24, 2.45) is 44.3 Å². The Morgan fingerprint density at radius 1 is 0.532 bits per heavy atom. The van der Waals surface area contributed by atoms with E-state index < -0.39 is 177 Å². The molecule has 4 heterocycles. The number of hydrogen-bond acceptors (Lipinski definition) is 23. The van der Waals surface area contributed by atoms with E-state index in [9.17, 15) is 76.6 Å². The standard InChI is InChI=1S/C54H88O23/c1-23-33(61)43(76-47-41(69)38(66)42(28(20-57)73-47)75-45-39(67)36(64)34(62)26(18-55)71-45)44(77-46-40(68)37(65)35(63)27(19-56)72-46)48(70-23)74-32-11-12-50(4)29(51(32,5)21-58)10-13-52(6)30(50)9-8-24-25-16-49(2,3)14-15-54(25,22-59)31(60)17-53(24,52)7/h8-9,23,26-48,55-69H,10-22H2,1-7H3/t23-,26-,27-,28-,29-,30-,31+,32+,33+,34-,35-,36+,37+,38-,39-,40-,41-,42-,43+,44-,45+,46+,47+,48+,50+,51+,52-,53-,54-/m1/s1. The Balaban J connectivity index is 1.01. The summed E-state index contributed by atoms with van der Waals surface area (Å²) < 4.78 is 49.0. The van der Waals surface area contributed by atoms with Crippen molar-refractivity contribution >= 4 is 0 Å². The minimum absolute atomic E-state index is 0.00342. The Morgan fingerprint density at radius 2 is 1.08 bits per heavy atom. The molecule has 77 heavy (non-hydrogen) atoms. The molecule has 0 amide bonds. The zero-order valence-electron chi connectivity index (χ0n) is 45.2. The fourth-order valence-corrected chi connectivity index (χ4v) is 16.0. The van der Waals surface area contributed by atoms with Crippen LogP contribution in [0.2, 0.25) is 0 Å². The molecular weight excluding hydrogens is 1020 g/mol. The van der Waals surface area contributed by atoms with Crippen molar-refractivity contribution in [2.45, 2.75) is 235 Å². The average Bonchev–Trinajstić information content (AvgIpc) is 3.45. The van der Waals surface area contributed by atoms with Gasteiger partial charge in [0.25, 0.3) is 0 Å². The Hall–Kier alpha value is -1.44. The molecule has 0 aromatic carbocycles. The van der Waals surface area contributed by atoms with Gasteiger partial charge < -0.3 is 114 Å². The Bertz CT molecular complexity index is 2130. The van der Waals surface area contributed by atoms with Gasteiger partial charge in [-0.1, -0.05) is 59.3 Å². The summed E-state index contributed by atoms with van der Waals surface area (Å²) in [5, 5.41) is 165. The van der Waals surface area contributed by atoms with E-state index in [0.29, 0.717) is 32.1 Å². The molecule has 3 saturated carbocycles. The summed E-state index contributed by atoms with van der Waals surface area (Å²) in [6, 6.07) is 0. The second kappa shape index (κ2) is 22.0. The number of allylic oxidation sites excluding steroid dienone is 3. The van der Waals surface area contributed by atoms with E-state index in [4.69, 9.17) is 37.9 Å². The van der Waals surface area contributed by atoms with Crippen LogP contribution in [0.3, 0.4) is 0 Å². The van der Waals surface area contributed by atoms with E-state index in [1.807, 2.05) is 6.92 Å². The van der Waals surface area contributed by atoms with Crippen LogP contribution in [0.5, 0.6) is 0 Å². The molecule has 23 heteroatoms. The van der Waals surface area contributed by atoms with E-state index in [1.54, 1.807) is 0 Å². The minimum atomic E-state index is -2.07. The summed E-state index contributed by atoms with van der Waals surface area (Å²) in [7, 11) is 0. The highest BCUT2D eigenvalue weighted by molar-refractivity contribution is 5.47. The number of aliphatic hydroxyl groups excluding tert-OH is 15. The topological polar surface area (TPSA) is 377 Å². The van der Waals surface area contributed by atoms with Crippen molar-refractivity contribution in [3.63, 3.8) is 0 Å². The first-order chi connectivity index (χ1) is 36.1. The van der Waals surface area contributed by atoms with Crippen LogP contribution in [0.15, 0.2) is 23.3 Å². The molecule has 0 radical (unpaired) electrons. The summed E-state index contributed by atoms with van der Waals surface area (Å²) in [6.07, 6.45) is -26.4. The van der Waals surface area contributed by atoms with Crippen molar-refractivity contribution < 1.29 is 114 Å². The SMILES string of the molecule is C[C@H]1O[C@@H](O[C@H]2CC[C@@]3(C)[C@@H](CC[C@]4(C)[C@@H]3C=CC3=C5CC(C)(C)CC[C@]5(CO)[C@@H](O)C[C@]34C)[C@]2(C)CO)[C@H](O[C@@H]2O[C@H](CO)[C@@H](O)[C@H](O)[C@H]2O)[C@@H](O[C@@H]2O[C@H](CO)[C@@H](O[C@@H]3O[C@H](CO)[C@@H](O)[C@H](O)[C@H]3O)[C@H](O)[C@H]2O)[C@H]1O. The van der Waals surface area contributed by atoms with Gasteiger partial charge in [0.2, 0.25) is 0 Å². The van der Waals surface area contributed by atoms with E-state index in [0.717, 1.165) is 24.8 Å². The Morgan fingerprint density at radius 3 is 1.64 bits per heavy atom. The Kier molecular flexibility index (Phi) is 17.2. The van der Waals surface area contributed by atoms with Crippen LogP contribution >= 0.6 is 0 Å². The first-order valence-electron chi connectivity index (χ1n) is 27.7. The predicted molar refractivity (Wildman–Crippen MR) is 264 cm³/mol. The quantitative estimate of drug-likeness (QED) is 0.0836. The molecule has 442 valence electrons. The van der Waals surface area contributed by atoms with Gasteiger partial charge in [-0.3, -0.25) is 0 Å². The molecule has 23 nitrogen and oxygen atoms in total. The summed E-state index contributed by atoms with van der Waals surface area (Å²) in [5.74, 6) is -0.175. The molecule has 0 spiro atoms.